The van der Waals surface area contributed by atoms with Crippen LogP contribution in [0.5, 0.6) is 0 Å². The monoisotopic (exact) mass is 558 g/mol. The zero-order chi connectivity index (χ0) is 26.6. The van der Waals surface area contributed by atoms with E-state index in [1.165, 1.54) is 0 Å². The van der Waals surface area contributed by atoms with Crippen LogP contribution >= 0.6 is 21.6 Å². The normalized spacial score (nSPS) is 13.4. The van der Waals surface area contributed by atoms with E-state index in [0.717, 1.165) is 10.8 Å². The van der Waals surface area contributed by atoms with E-state index in [4.69, 9.17) is 23.8 Å². The van der Waals surface area contributed by atoms with Gasteiger partial charge in [0.25, 0.3) is 11.8 Å². The molecule has 0 N–H and O–H groups in total. The number of hydroxylamine groups is 2. The number of carbonyl (C=O) groups is 4. The van der Waals surface area contributed by atoms with Gasteiger partial charge >= 0.3 is 5.97 Å². The number of aromatic nitrogens is 1. The number of ketones is 1. The van der Waals surface area contributed by atoms with Gasteiger partial charge in [-0.3, -0.25) is 14.4 Å². The van der Waals surface area contributed by atoms with E-state index < -0.39 is 17.8 Å². The third-order valence-electron chi connectivity index (χ3n) is 4.76. The first-order chi connectivity index (χ1) is 18.1. The fourth-order valence-electron chi connectivity index (χ4n) is 2.87. The minimum absolute atomic E-state index is 0.0623. The summed E-state index contributed by atoms with van der Waals surface area (Å²) in [6.45, 7) is 2.97. The van der Waals surface area contributed by atoms with Crippen molar-refractivity contribution in [2.75, 3.05) is 58.6 Å². The minimum Gasteiger partial charge on any atom is -0.379 e. The van der Waals surface area contributed by atoms with Crippen LogP contribution < -0.4 is 0 Å². The Balaban J connectivity index is 1.26. The predicted molar refractivity (Wildman–Crippen MR) is 136 cm³/mol. The molecule has 2 heterocycles. The number of hydrogen-bond acceptors (Lipinski definition) is 12. The van der Waals surface area contributed by atoms with Gasteiger partial charge in [0, 0.05) is 44.2 Å². The van der Waals surface area contributed by atoms with Crippen molar-refractivity contribution >= 4 is 45.2 Å². The van der Waals surface area contributed by atoms with Crippen molar-refractivity contribution in [2.24, 2.45) is 0 Å². The molecule has 1 aromatic rings. The van der Waals surface area contributed by atoms with Gasteiger partial charge in [-0.05, 0) is 29.3 Å². The molecular formula is C24H34N2O9S2. The maximum absolute atomic E-state index is 11.9. The quantitative estimate of drug-likeness (QED) is 0.118. The van der Waals surface area contributed by atoms with Crippen LogP contribution in [0.1, 0.15) is 38.5 Å². The molecule has 0 atom stereocenters. The van der Waals surface area contributed by atoms with Crippen molar-refractivity contribution in [3.63, 3.8) is 0 Å². The van der Waals surface area contributed by atoms with Crippen LogP contribution in [0.15, 0.2) is 29.4 Å². The van der Waals surface area contributed by atoms with Gasteiger partial charge in [-0.15, -0.1) is 5.06 Å². The maximum Gasteiger partial charge on any atom is 0.335 e. The van der Waals surface area contributed by atoms with Gasteiger partial charge in [-0.2, -0.15) is 0 Å². The van der Waals surface area contributed by atoms with Crippen LogP contribution in [0.2, 0.25) is 0 Å². The fraction of sp³-hybridized carbons (Fsp3) is 0.625. The largest absolute Gasteiger partial charge is 0.379 e. The Labute approximate surface area is 224 Å². The molecule has 2 rings (SSSR count). The maximum atomic E-state index is 11.9. The average molecular weight is 559 g/mol. The van der Waals surface area contributed by atoms with Gasteiger partial charge in [0.15, 0.2) is 0 Å². The van der Waals surface area contributed by atoms with Crippen LogP contribution in [0.3, 0.4) is 0 Å². The lowest BCUT2D eigenvalue weighted by atomic mass is 10.2. The van der Waals surface area contributed by atoms with Gasteiger partial charge in [-0.25, -0.2) is 9.78 Å². The highest BCUT2D eigenvalue weighted by Gasteiger charge is 2.32. The van der Waals surface area contributed by atoms with E-state index in [9.17, 15) is 19.2 Å². The first kappa shape index (κ1) is 31.2. The summed E-state index contributed by atoms with van der Waals surface area (Å²) < 4.78 is 21.5. The summed E-state index contributed by atoms with van der Waals surface area (Å²) in [7, 11) is 3.22. The zero-order valence-corrected chi connectivity index (χ0v) is 22.4. The third kappa shape index (κ3) is 15.1. The number of pyridine rings is 1. The van der Waals surface area contributed by atoms with Crippen molar-refractivity contribution in [1.82, 2.24) is 10.0 Å². The highest BCUT2D eigenvalue weighted by atomic mass is 33.1. The number of rotatable bonds is 22. The van der Waals surface area contributed by atoms with E-state index in [0.29, 0.717) is 70.6 Å². The predicted octanol–water partition coefficient (Wildman–Crippen LogP) is 2.63. The SMILES string of the molecule is O=C(CCCOCCOCCOCCOCCC(=O)ON1C(=O)CCC1=O)CCSSc1ccccn1. The molecule has 37 heavy (non-hydrogen) atoms. The van der Waals surface area contributed by atoms with Gasteiger partial charge in [0.05, 0.1) is 52.7 Å². The first-order valence-electron chi connectivity index (χ1n) is 12.2. The molecule has 0 unspecified atom stereocenters. The van der Waals surface area contributed by atoms with Crippen molar-refractivity contribution in [2.45, 2.75) is 43.6 Å². The number of amides is 2. The summed E-state index contributed by atoms with van der Waals surface area (Å²) in [6, 6.07) is 5.77. The Morgan fingerprint density at radius 3 is 2.05 bits per heavy atom. The Hall–Kier alpha value is -2.03. The molecule has 0 aliphatic carbocycles. The molecule has 1 aromatic heterocycles. The van der Waals surface area contributed by atoms with Crippen LogP contribution in [-0.4, -0.2) is 92.2 Å². The molecule has 0 aromatic carbocycles. The average Bonchev–Trinajstić information content (AvgIpc) is 3.21. The highest BCUT2D eigenvalue weighted by Crippen LogP contribution is 2.29. The fourth-order valence-corrected chi connectivity index (χ4v) is 4.78. The Bertz CT molecular complexity index is 814. The van der Waals surface area contributed by atoms with Crippen molar-refractivity contribution in [3.8, 4) is 0 Å². The third-order valence-corrected chi connectivity index (χ3v) is 7.02. The lowest BCUT2D eigenvalue weighted by Gasteiger charge is -2.12. The molecule has 1 aliphatic rings. The molecule has 1 aliphatic heterocycles. The zero-order valence-electron chi connectivity index (χ0n) is 20.8. The number of hydrogen-bond donors (Lipinski definition) is 0. The van der Waals surface area contributed by atoms with Crippen molar-refractivity contribution in [1.29, 1.82) is 0 Å². The van der Waals surface area contributed by atoms with Crippen molar-refractivity contribution < 1.29 is 43.0 Å². The van der Waals surface area contributed by atoms with E-state index in [1.807, 2.05) is 18.2 Å². The molecular weight excluding hydrogens is 524 g/mol. The molecule has 206 valence electrons. The van der Waals surface area contributed by atoms with Gasteiger partial charge in [0.2, 0.25) is 0 Å². The molecule has 0 saturated carbocycles. The smallest absolute Gasteiger partial charge is 0.335 e. The molecule has 1 saturated heterocycles. The molecule has 0 radical (unpaired) electrons. The summed E-state index contributed by atoms with van der Waals surface area (Å²) in [6.07, 6.45) is 3.58. The molecule has 13 heteroatoms. The van der Waals surface area contributed by atoms with Gasteiger partial charge in [0.1, 0.15) is 10.8 Å². The second kappa shape index (κ2) is 20.0. The second-order valence-electron chi connectivity index (χ2n) is 7.71. The Morgan fingerprint density at radius 1 is 0.811 bits per heavy atom. The molecule has 2 amide bonds. The summed E-state index contributed by atoms with van der Waals surface area (Å²) >= 11 is 0. The lowest BCUT2D eigenvalue weighted by Crippen LogP contribution is -2.32. The molecule has 1 fully saturated rings. The Morgan fingerprint density at radius 2 is 1.43 bits per heavy atom. The van der Waals surface area contributed by atoms with Crippen molar-refractivity contribution in [3.05, 3.63) is 24.4 Å². The highest BCUT2D eigenvalue weighted by molar-refractivity contribution is 8.76. The minimum atomic E-state index is -0.697. The van der Waals surface area contributed by atoms with Crippen LogP contribution in [0, 0.1) is 0 Å². The van der Waals surface area contributed by atoms with Gasteiger partial charge in [-0.1, -0.05) is 16.9 Å². The summed E-state index contributed by atoms with van der Waals surface area (Å²) in [5, 5.41) is 1.46. The topological polar surface area (TPSA) is 131 Å². The van der Waals surface area contributed by atoms with E-state index in [-0.39, 0.29) is 31.7 Å². The Kier molecular flexibility index (Phi) is 16.9. The number of ether oxygens (including phenoxy) is 4. The van der Waals surface area contributed by atoms with E-state index in [2.05, 4.69) is 4.98 Å². The second-order valence-corrected chi connectivity index (χ2v) is 10.1. The first-order valence-corrected chi connectivity index (χ1v) is 14.5. The lowest BCUT2D eigenvalue weighted by molar-refractivity contribution is -0.198. The van der Waals surface area contributed by atoms with Gasteiger partial charge < -0.3 is 23.8 Å². The molecule has 11 nitrogen and oxygen atoms in total. The number of carbonyl (C=O) groups excluding carboxylic acids is 4. The van der Waals surface area contributed by atoms with Crippen LogP contribution in [0.4, 0.5) is 0 Å². The van der Waals surface area contributed by atoms with E-state index in [1.54, 1.807) is 27.8 Å². The summed E-state index contributed by atoms with van der Waals surface area (Å²) in [4.78, 5) is 55.2. The standard InChI is InChI=1S/C24H34N2O9S2/c27-20(9-19-36-37-21-5-1-2-10-25-21)4-3-11-31-13-15-33-17-18-34-16-14-32-12-8-24(30)35-26-22(28)6-7-23(26)29/h1-2,5,10H,3-4,6-9,11-19H2. The summed E-state index contributed by atoms with van der Waals surface area (Å²) in [5.74, 6) is -0.705. The molecule has 0 bridgehead atoms. The number of Topliss-reactive ketones (excluding diaryl/α,β-unsaturated/α-hetero) is 1. The van der Waals surface area contributed by atoms with Crippen LogP contribution in [-0.2, 0) is 43.0 Å². The number of imide groups is 1. The van der Waals surface area contributed by atoms with Crippen LogP contribution in [0.25, 0.3) is 0 Å². The number of nitrogens with zero attached hydrogens (tertiary/aromatic N) is 2. The summed E-state index contributed by atoms with van der Waals surface area (Å²) in [5.41, 5.74) is 0. The van der Waals surface area contributed by atoms with E-state index >= 15 is 0 Å². The molecule has 0 spiro atoms.